The summed E-state index contributed by atoms with van der Waals surface area (Å²) in [6, 6.07) is -1.12. The number of aliphatic carboxylic acids is 1. The molecule has 1 heterocycles. The number of carboxylic acids is 1. The molecule has 1 aliphatic heterocycles. The Morgan fingerprint density at radius 3 is 2.41 bits per heavy atom. The van der Waals surface area contributed by atoms with Gasteiger partial charge in [-0.3, -0.25) is 9.59 Å². The van der Waals surface area contributed by atoms with Gasteiger partial charge in [0.05, 0.1) is 12.4 Å². The highest BCUT2D eigenvalue weighted by atomic mass is 32.2. The molecule has 0 aliphatic carbocycles. The molecule has 0 aromatic rings. The summed E-state index contributed by atoms with van der Waals surface area (Å²) in [5.74, 6) is -2.28. The molecule has 0 aromatic carbocycles. The third-order valence-electron chi connectivity index (χ3n) is 2.93. The molecule has 1 saturated heterocycles. The van der Waals surface area contributed by atoms with Crippen LogP contribution in [0.15, 0.2) is 0 Å². The first kappa shape index (κ1) is 19.1. The minimum absolute atomic E-state index is 0.0148. The second-order valence-electron chi connectivity index (χ2n) is 4.65. The molecule has 0 saturated carbocycles. The predicted octanol–water partition coefficient (Wildman–Crippen LogP) is -3.53. The Hall–Kier alpha value is -0.950. The molecule has 1 aliphatic rings. The third kappa shape index (κ3) is 5.05. The van der Waals surface area contributed by atoms with Crippen molar-refractivity contribution < 1.29 is 44.6 Å². The Bertz CT molecular complexity index is 394. The molecule has 6 atom stereocenters. The molecule has 1 rings (SSSR count). The number of carbonyl (C=O) groups excluding carboxylic acids is 1. The van der Waals surface area contributed by atoms with Crippen LogP contribution in [0.25, 0.3) is 0 Å². The summed E-state index contributed by atoms with van der Waals surface area (Å²) in [4.78, 5) is 22.1. The van der Waals surface area contributed by atoms with E-state index in [0.29, 0.717) is 0 Å². The summed E-state index contributed by atoms with van der Waals surface area (Å²) >= 11 is 0.917. The lowest BCUT2D eigenvalue weighted by atomic mass is 9.99. The van der Waals surface area contributed by atoms with Crippen molar-refractivity contribution in [3.8, 4) is 0 Å². The summed E-state index contributed by atoms with van der Waals surface area (Å²) in [6.07, 6.45) is -7.58. The minimum Gasteiger partial charge on any atom is -0.480 e. The maximum atomic E-state index is 11.6. The minimum atomic E-state index is -1.67. The van der Waals surface area contributed by atoms with Gasteiger partial charge in [0.1, 0.15) is 30.5 Å². The largest absolute Gasteiger partial charge is 0.480 e. The van der Waals surface area contributed by atoms with Gasteiger partial charge < -0.3 is 40.7 Å². The van der Waals surface area contributed by atoms with Crippen LogP contribution in [0.5, 0.6) is 0 Å². The van der Waals surface area contributed by atoms with Crippen molar-refractivity contribution in [3.63, 3.8) is 0 Å². The lowest BCUT2D eigenvalue weighted by Crippen LogP contribution is -2.59. The molecule has 22 heavy (non-hydrogen) atoms. The van der Waals surface area contributed by atoms with E-state index in [1.165, 1.54) is 0 Å². The zero-order chi connectivity index (χ0) is 16.9. The topological polar surface area (TPSA) is 180 Å². The van der Waals surface area contributed by atoms with E-state index in [-0.39, 0.29) is 11.5 Å². The Labute approximate surface area is 129 Å². The van der Waals surface area contributed by atoms with Gasteiger partial charge in [0.2, 0.25) is 6.29 Å². The van der Waals surface area contributed by atoms with Gasteiger partial charge in [-0.1, -0.05) is 0 Å². The molecule has 0 spiro atoms. The number of carbonyl (C=O) groups is 2. The monoisotopic (exact) mass is 341 g/mol. The van der Waals surface area contributed by atoms with Crippen LogP contribution in [0.2, 0.25) is 0 Å². The first-order valence-electron chi connectivity index (χ1n) is 6.34. The van der Waals surface area contributed by atoms with Gasteiger partial charge in [-0.2, -0.15) is 0 Å². The number of carboxylic acid groups (broad SMARTS) is 1. The predicted molar refractivity (Wildman–Crippen MR) is 72.8 cm³/mol. The van der Waals surface area contributed by atoms with Crippen molar-refractivity contribution in [3.05, 3.63) is 0 Å². The summed E-state index contributed by atoms with van der Waals surface area (Å²) in [5, 5.41) is 46.3. The number of rotatable bonds is 7. The first-order chi connectivity index (χ1) is 10.3. The smallest absolute Gasteiger partial charge is 0.321 e. The van der Waals surface area contributed by atoms with Crippen LogP contribution < -0.4 is 5.73 Å². The van der Waals surface area contributed by atoms with Crippen LogP contribution in [0, 0.1) is 0 Å². The number of ether oxygens (including phenoxy) is 2. The number of esters is 1. The molecular weight excluding hydrogens is 322 g/mol. The number of hydrogen-bond acceptors (Lipinski definition) is 10. The summed E-state index contributed by atoms with van der Waals surface area (Å²) in [7, 11) is 0. The average molecular weight is 341 g/mol. The van der Waals surface area contributed by atoms with E-state index in [9.17, 15) is 24.9 Å². The van der Waals surface area contributed by atoms with Crippen molar-refractivity contribution in [2.24, 2.45) is 5.73 Å². The molecular formula is C11H19NO9S. The van der Waals surface area contributed by atoms with Crippen molar-refractivity contribution in [2.45, 2.75) is 36.7 Å². The molecule has 7 N–H and O–H groups in total. The van der Waals surface area contributed by atoms with Crippen LogP contribution >= 0.6 is 11.8 Å². The molecule has 0 bridgehead atoms. The number of aliphatic hydroxyl groups is 4. The van der Waals surface area contributed by atoms with E-state index < -0.39 is 55.3 Å². The number of thioether (sulfide) groups is 1. The Kier molecular flexibility index (Phi) is 7.48. The highest BCUT2D eigenvalue weighted by Crippen LogP contribution is 2.22. The lowest BCUT2D eigenvalue weighted by molar-refractivity contribution is -0.291. The fraction of sp³-hybridized carbons (Fsp3) is 0.818. The molecule has 128 valence electrons. The van der Waals surface area contributed by atoms with E-state index in [4.69, 9.17) is 25.4 Å². The first-order valence-corrected chi connectivity index (χ1v) is 7.49. The zero-order valence-electron chi connectivity index (χ0n) is 11.4. The van der Waals surface area contributed by atoms with Crippen molar-refractivity contribution in [1.29, 1.82) is 0 Å². The quantitative estimate of drug-likeness (QED) is 0.253. The van der Waals surface area contributed by atoms with Gasteiger partial charge in [0.25, 0.3) is 0 Å². The zero-order valence-corrected chi connectivity index (χ0v) is 12.3. The standard InChI is InChI=1S/C11H19NO9S/c12-4(10(18)19)2-22-3-6(14)21-11-9(17)8(16)7(15)5(1-13)20-11/h4-5,7-9,11,13,15-17H,1-3,12H2,(H,18,19)/t4-,5+,7+,8-,9+,11-/m0/s1. The molecule has 0 unspecified atom stereocenters. The van der Waals surface area contributed by atoms with E-state index >= 15 is 0 Å². The van der Waals surface area contributed by atoms with Crippen LogP contribution in [0.4, 0.5) is 0 Å². The van der Waals surface area contributed by atoms with Gasteiger partial charge in [-0.15, -0.1) is 11.8 Å². The summed E-state index contributed by atoms with van der Waals surface area (Å²) in [6.45, 7) is -0.638. The summed E-state index contributed by atoms with van der Waals surface area (Å²) < 4.78 is 9.78. The highest BCUT2D eigenvalue weighted by Gasteiger charge is 2.45. The van der Waals surface area contributed by atoms with Crippen molar-refractivity contribution in [2.75, 3.05) is 18.1 Å². The van der Waals surface area contributed by atoms with Crippen LogP contribution in [-0.4, -0.2) is 92.3 Å². The van der Waals surface area contributed by atoms with Gasteiger partial charge in [0.15, 0.2) is 0 Å². The Morgan fingerprint density at radius 2 is 1.86 bits per heavy atom. The van der Waals surface area contributed by atoms with E-state index in [0.717, 1.165) is 11.8 Å². The van der Waals surface area contributed by atoms with Gasteiger partial charge in [-0.05, 0) is 0 Å². The molecule has 0 aromatic heterocycles. The van der Waals surface area contributed by atoms with E-state index in [1.54, 1.807) is 0 Å². The number of nitrogens with two attached hydrogens (primary N) is 1. The number of aliphatic hydroxyl groups excluding tert-OH is 4. The SMILES string of the molecule is N[C@@H](CSCC(=O)O[C@@H]1O[C@H](CO)[C@@H](O)[C@H](O)[C@H]1O)C(=O)O. The van der Waals surface area contributed by atoms with Crippen molar-refractivity contribution >= 4 is 23.7 Å². The molecule has 11 heteroatoms. The Morgan fingerprint density at radius 1 is 1.23 bits per heavy atom. The van der Waals surface area contributed by atoms with Crippen LogP contribution in [0.3, 0.4) is 0 Å². The Balaban J connectivity index is 2.44. The normalized spacial score (nSPS) is 33.2. The fourth-order valence-corrected chi connectivity index (χ4v) is 2.42. The van der Waals surface area contributed by atoms with Crippen molar-refractivity contribution in [1.82, 2.24) is 0 Å². The van der Waals surface area contributed by atoms with E-state index in [1.807, 2.05) is 0 Å². The second-order valence-corrected chi connectivity index (χ2v) is 5.68. The van der Waals surface area contributed by atoms with Crippen LogP contribution in [-0.2, 0) is 19.1 Å². The maximum Gasteiger partial charge on any atom is 0.321 e. The third-order valence-corrected chi connectivity index (χ3v) is 3.97. The highest BCUT2D eigenvalue weighted by molar-refractivity contribution is 8.00. The fourth-order valence-electron chi connectivity index (χ4n) is 1.67. The maximum absolute atomic E-state index is 11.6. The number of hydrogen-bond donors (Lipinski definition) is 6. The lowest BCUT2D eigenvalue weighted by Gasteiger charge is -2.39. The molecule has 0 amide bonds. The van der Waals surface area contributed by atoms with Gasteiger partial charge in [-0.25, -0.2) is 0 Å². The van der Waals surface area contributed by atoms with Crippen LogP contribution in [0.1, 0.15) is 0 Å². The molecule has 10 nitrogen and oxygen atoms in total. The van der Waals surface area contributed by atoms with E-state index in [2.05, 4.69) is 0 Å². The second kappa shape index (κ2) is 8.62. The average Bonchev–Trinajstić information content (AvgIpc) is 2.47. The molecule has 0 radical (unpaired) electrons. The van der Waals surface area contributed by atoms with Gasteiger partial charge >= 0.3 is 11.9 Å². The summed E-state index contributed by atoms with van der Waals surface area (Å²) in [5.41, 5.74) is 5.25. The molecule has 1 fully saturated rings. The van der Waals surface area contributed by atoms with Gasteiger partial charge in [0, 0.05) is 5.75 Å².